The molecule has 2 aliphatic rings. The number of carbonyl (C=O) groups excluding carboxylic acids is 1. The molecule has 3 rings (SSSR count). The van der Waals surface area contributed by atoms with Crippen LogP contribution in [0.4, 0.5) is 0 Å². The first-order chi connectivity index (χ1) is 11.6. The number of nitrogens with one attached hydrogen (secondary N) is 1. The molecule has 0 saturated heterocycles. The fourth-order valence-corrected chi connectivity index (χ4v) is 5.25. The van der Waals surface area contributed by atoms with Crippen LogP contribution in [-0.4, -0.2) is 37.1 Å². The molecule has 0 aromatic heterocycles. The highest BCUT2D eigenvalue weighted by molar-refractivity contribution is 5.76. The molecular formula is C22H35N2O+. The van der Waals surface area contributed by atoms with Gasteiger partial charge in [0.15, 0.2) is 0 Å². The van der Waals surface area contributed by atoms with E-state index in [-0.39, 0.29) is 11.3 Å². The number of nitrogens with zero attached hydrogens (tertiary/aromatic N) is 1. The number of benzene rings is 1. The maximum atomic E-state index is 12.6. The Bertz CT molecular complexity index is 622. The Labute approximate surface area is 153 Å². The Morgan fingerprint density at radius 2 is 1.88 bits per heavy atom. The third kappa shape index (κ3) is 3.48. The van der Waals surface area contributed by atoms with E-state index in [0.717, 1.165) is 29.9 Å². The molecule has 1 aromatic rings. The van der Waals surface area contributed by atoms with Gasteiger partial charge >= 0.3 is 0 Å². The molecule has 0 aliphatic heterocycles. The molecular weight excluding hydrogens is 308 g/mol. The van der Waals surface area contributed by atoms with E-state index in [4.69, 9.17) is 0 Å². The number of hydrogen-bond donors (Lipinski definition) is 1. The SMILES string of the molecule is CC1(C)[C@@H]2CC[C@]1(C)[C@H](NC(=O)CC[N+](C)(C)Cc1ccccc1)C2. The average Bonchev–Trinajstić information content (AvgIpc) is 2.87. The Morgan fingerprint density at radius 3 is 2.44 bits per heavy atom. The molecule has 0 spiro atoms. The molecule has 2 fully saturated rings. The molecule has 3 nitrogen and oxygen atoms in total. The van der Waals surface area contributed by atoms with E-state index < -0.39 is 0 Å². The van der Waals surface area contributed by atoms with Gasteiger partial charge in [0, 0.05) is 11.6 Å². The van der Waals surface area contributed by atoms with Crippen molar-refractivity contribution < 1.29 is 9.28 Å². The molecule has 3 atom stereocenters. The van der Waals surface area contributed by atoms with Crippen molar-refractivity contribution in [1.29, 1.82) is 0 Å². The molecule has 1 N–H and O–H groups in total. The summed E-state index contributed by atoms with van der Waals surface area (Å²) in [5.74, 6) is 1.00. The topological polar surface area (TPSA) is 29.1 Å². The normalized spacial score (nSPS) is 30.4. The fourth-order valence-electron chi connectivity index (χ4n) is 5.25. The predicted molar refractivity (Wildman–Crippen MR) is 103 cm³/mol. The number of rotatable bonds is 6. The lowest BCUT2D eigenvalue weighted by molar-refractivity contribution is -0.903. The second kappa shape index (κ2) is 6.42. The van der Waals surface area contributed by atoms with Crippen LogP contribution >= 0.6 is 0 Å². The molecule has 25 heavy (non-hydrogen) atoms. The smallest absolute Gasteiger partial charge is 0.225 e. The molecule has 0 heterocycles. The summed E-state index contributed by atoms with van der Waals surface area (Å²) in [6.45, 7) is 9.02. The molecule has 1 aromatic carbocycles. The zero-order valence-corrected chi connectivity index (χ0v) is 16.6. The first kappa shape index (κ1) is 18.4. The minimum Gasteiger partial charge on any atom is -0.353 e. The summed E-state index contributed by atoms with van der Waals surface area (Å²) >= 11 is 0. The zero-order valence-electron chi connectivity index (χ0n) is 16.6. The van der Waals surface area contributed by atoms with Crippen LogP contribution < -0.4 is 5.32 Å². The quantitative estimate of drug-likeness (QED) is 0.778. The molecule has 2 bridgehead atoms. The molecule has 3 heteroatoms. The average molecular weight is 344 g/mol. The van der Waals surface area contributed by atoms with Gasteiger partial charge in [-0.2, -0.15) is 0 Å². The Balaban J connectivity index is 1.52. The maximum Gasteiger partial charge on any atom is 0.225 e. The third-order valence-corrected chi connectivity index (χ3v) is 7.53. The first-order valence-electron chi connectivity index (χ1n) is 9.79. The van der Waals surface area contributed by atoms with Crippen LogP contribution in [-0.2, 0) is 11.3 Å². The van der Waals surface area contributed by atoms with E-state index in [9.17, 15) is 4.79 Å². The van der Waals surface area contributed by atoms with Gasteiger partial charge in [0.05, 0.1) is 27.1 Å². The lowest BCUT2D eigenvalue weighted by Gasteiger charge is -2.39. The highest BCUT2D eigenvalue weighted by Crippen LogP contribution is 2.65. The van der Waals surface area contributed by atoms with Crippen molar-refractivity contribution in [2.24, 2.45) is 16.7 Å². The Morgan fingerprint density at radius 1 is 1.20 bits per heavy atom. The number of quaternary nitrogens is 1. The van der Waals surface area contributed by atoms with Gasteiger partial charge in [-0.3, -0.25) is 4.79 Å². The van der Waals surface area contributed by atoms with Crippen LogP contribution in [0.3, 0.4) is 0 Å². The molecule has 0 unspecified atom stereocenters. The minimum atomic E-state index is 0.230. The number of amides is 1. The van der Waals surface area contributed by atoms with Crippen LogP contribution in [0, 0.1) is 16.7 Å². The van der Waals surface area contributed by atoms with Crippen molar-refractivity contribution >= 4 is 5.91 Å². The van der Waals surface area contributed by atoms with Crippen molar-refractivity contribution in [2.75, 3.05) is 20.6 Å². The van der Waals surface area contributed by atoms with Crippen LogP contribution in [0.15, 0.2) is 30.3 Å². The van der Waals surface area contributed by atoms with Crippen molar-refractivity contribution in [1.82, 2.24) is 5.32 Å². The van der Waals surface area contributed by atoms with Crippen LogP contribution in [0.25, 0.3) is 0 Å². The van der Waals surface area contributed by atoms with Crippen LogP contribution in [0.1, 0.15) is 52.0 Å². The molecule has 2 aliphatic carbocycles. The van der Waals surface area contributed by atoms with Gasteiger partial charge in [-0.15, -0.1) is 0 Å². The van der Waals surface area contributed by atoms with E-state index in [0.29, 0.717) is 17.9 Å². The number of carbonyl (C=O) groups is 1. The van der Waals surface area contributed by atoms with Crippen LogP contribution in [0.5, 0.6) is 0 Å². The second-order valence-electron chi connectivity index (χ2n) is 9.78. The zero-order chi connectivity index (χ0) is 18.3. The highest BCUT2D eigenvalue weighted by Gasteiger charge is 2.61. The highest BCUT2D eigenvalue weighted by atomic mass is 16.1. The van der Waals surface area contributed by atoms with Gasteiger partial charge in [0.25, 0.3) is 0 Å². The van der Waals surface area contributed by atoms with Gasteiger partial charge in [0.1, 0.15) is 6.54 Å². The maximum absolute atomic E-state index is 12.6. The lowest BCUT2D eigenvalue weighted by atomic mass is 9.69. The van der Waals surface area contributed by atoms with E-state index >= 15 is 0 Å². The lowest BCUT2D eigenvalue weighted by Crippen LogP contribution is -2.48. The Hall–Kier alpha value is -1.35. The first-order valence-corrected chi connectivity index (χ1v) is 9.79. The molecule has 1 amide bonds. The van der Waals surface area contributed by atoms with E-state index in [1.165, 1.54) is 18.4 Å². The summed E-state index contributed by atoms with van der Waals surface area (Å²) in [6, 6.07) is 10.9. The van der Waals surface area contributed by atoms with Gasteiger partial charge < -0.3 is 9.80 Å². The summed E-state index contributed by atoms with van der Waals surface area (Å²) < 4.78 is 0.841. The van der Waals surface area contributed by atoms with Crippen molar-refractivity contribution in [3.8, 4) is 0 Å². The van der Waals surface area contributed by atoms with E-state index in [2.05, 4.69) is 64.4 Å². The van der Waals surface area contributed by atoms with E-state index in [1.54, 1.807) is 0 Å². The number of hydrogen-bond acceptors (Lipinski definition) is 1. The van der Waals surface area contributed by atoms with Gasteiger partial charge in [-0.05, 0) is 36.0 Å². The molecule has 138 valence electrons. The van der Waals surface area contributed by atoms with E-state index in [1.807, 2.05) is 6.07 Å². The molecule has 2 saturated carbocycles. The third-order valence-electron chi connectivity index (χ3n) is 7.53. The van der Waals surface area contributed by atoms with Crippen molar-refractivity contribution in [3.05, 3.63) is 35.9 Å². The van der Waals surface area contributed by atoms with Crippen molar-refractivity contribution in [2.45, 2.75) is 59.0 Å². The summed E-state index contributed by atoms with van der Waals surface area (Å²) in [4.78, 5) is 12.6. The predicted octanol–water partition coefficient (Wildman–Crippen LogP) is 3.98. The van der Waals surface area contributed by atoms with Gasteiger partial charge in [-0.1, -0.05) is 51.1 Å². The van der Waals surface area contributed by atoms with Crippen LogP contribution in [0.2, 0.25) is 0 Å². The largest absolute Gasteiger partial charge is 0.353 e. The Kier molecular flexibility index (Phi) is 4.74. The van der Waals surface area contributed by atoms with Gasteiger partial charge in [-0.25, -0.2) is 0 Å². The van der Waals surface area contributed by atoms with Crippen molar-refractivity contribution in [3.63, 3.8) is 0 Å². The fraction of sp³-hybridized carbons (Fsp3) is 0.682. The van der Waals surface area contributed by atoms with Gasteiger partial charge in [0.2, 0.25) is 5.91 Å². The summed E-state index contributed by atoms with van der Waals surface area (Å²) in [7, 11) is 4.42. The summed E-state index contributed by atoms with van der Waals surface area (Å²) in [5.41, 5.74) is 1.95. The molecule has 0 radical (unpaired) electrons. The second-order valence-corrected chi connectivity index (χ2v) is 9.78. The standard InChI is InChI=1S/C22H34N2O/c1-21(2)18-11-13-22(21,3)19(15-18)23-20(25)12-14-24(4,5)16-17-9-7-6-8-10-17/h6-10,18-19H,11-16H2,1-5H3/p+1/t18-,19-,22-/m1/s1. The number of fused-ring (bicyclic) bond motifs is 2. The minimum absolute atomic E-state index is 0.230. The monoisotopic (exact) mass is 343 g/mol. The summed E-state index contributed by atoms with van der Waals surface area (Å²) in [6.07, 6.45) is 4.36. The summed E-state index contributed by atoms with van der Waals surface area (Å²) in [5, 5.41) is 3.39.